The zero-order valence-electron chi connectivity index (χ0n) is 20.2. The van der Waals surface area contributed by atoms with Gasteiger partial charge in [-0.15, -0.1) is 0 Å². The Morgan fingerprint density at radius 2 is 1.86 bits per heavy atom. The number of hydrogen-bond acceptors (Lipinski definition) is 9. The summed E-state index contributed by atoms with van der Waals surface area (Å²) in [6.45, 7) is 2.80. The van der Waals surface area contributed by atoms with Crippen LogP contribution in [0.5, 0.6) is 11.5 Å². The lowest BCUT2D eigenvalue weighted by molar-refractivity contribution is -0.132. The first-order valence-electron chi connectivity index (χ1n) is 11.0. The van der Waals surface area contributed by atoms with Gasteiger partial charge in [-0.05, 0) is 60.2 Å². The smallest absolute Gasteiger partial charge is 0.339 e. The van der Waals surface area contributed by atoms with Crippen LogP contribution in [0.4, 0.5) is 10.5 Å². The fourth-order valence-corrected chi connectivity index (χ4v) is 4.21. The topological polar surface area (TPSA) is 128 Å². The molecular weight excluding hydrogens is 524 g/mol. The van der Waals surface area contributed by atoms with Crippen LogP contribution < -0.4 is 14.8 Å². The monoisotopic (exact) mass is 546 g/mol. The van der Waals surface area contributed by atoms with Crippen molar-refractivity contribution in [1.82, 2.24) is 4.90 Å². The van der Waals surface area contributed by atoms with Crippen molar-refractivity contribution < 1.29 is 38.2 Å². The molecule has 2 aromatic carbocycles. The molecule has 10 nitrogen and oxygen atoms in total. The third kappa shape index (κ3) is 7.11. The third-order valence-corrected chi connectivity index (χ3v) is 6.06. The number of amides is 3. The first-order valence-corrected chi connectivity index (χ1v) is 12.2. The van der Waals surface area contributed by atoms with Gasteiger partial charge in [0.1, 0.15) is 6.54 Å². The standard InChI is InChI=1S/C25H23ClN2O8S/c1-4-9-35-24(32)17-12-16(6-7-18(17)26)27-22(30)13-28-23(31)21(37-25(28)33)11-15-5-8-19(36-14(2)29)20(10-15)34-3/h5-8,10-12H,4,9,13H2,1-3H3,(H,27,30)/b21-11-. The number of esters is 2. The number of nitrogens with one attached hydrogen (secondary N) is 1. The Morgan fingerprint density at radius 1 is 1.11 bits per heavy atom. The number of thioether (sulfide) groups is 1. The normalized spacial score (nSPS) is 14.1. The number of nitrogens with zero attached hydrogens (tertiary/aromatic N) is 1. The number of methoxy groups -OCH3 is 1. The van der Waals surface area contributed by atoms with E-state index in [1.807, 2.05) is 6.92 Å². The number of rotatable bonds is 9. The number of ether oxygens (including phenoxy) is 3. The van der Waals surface area contributed by atoms with Crippen molar-refractivity contribution in [3.05, 3.63) is 57.5 Å². The van der Waals surface area contributed by atoms with E-state index in [1.54, 1.807) is 12.1 Å². The molecule has 1 aliphatic rings. The average Bonchev–Trinajstić information content (AvgIpc) is 3.11. The number of hydrogen-bond donors (Lipinski definition) is 1. The number of carbonyl (C=O) groups excluding carboxylic acids is 5. The summed E-state index contributed by atoms with van der Waals surface area (Å²) in [7, 11) is 1.40. The van der Waals surface area contributed by atoms with Gasteiger partial charge in [0.2, 0.25) is 5.91 Å². The van der Waals surface area contributed by atoms with E-state index in [1.165, 1.54) is 44.4 Å². The van der Waals surface area contributed by atoms with Gasteiger partial charge in [0.25, 0.3) is 11.1 Å². The fraction of sp³-hybridized carbons (Fsp3) is 0.240. The van der Waals surface area contributed by atoms with Gasteiger partial charge in [-0.2, -0.15) is 0 Å². The summed E-state index contributed by atoms with van der Waals surface area (Å²) in [4.78, 5) is 62.1. The van der Waals surface area contributed by atoms with Crippen molar-refractivity contribution >= 4 is 64.1 Å². The Morgan fingerprint density at radius 3 is 2.54 bits per heavy atom. The van der Waals surface area contributed by atoms with Gasteiger partial charge in [-0.3, -0.25) is 24.1 Å². The minimum absolute atomic E-state index is 0.0807. The van der Waals surface area contributed by atoms with E-state index in [0.717, 1.165) is 4.90 Å². The van der Waals surface area contributed by atoms with Crippen LogP contribution in [0.1, 0.15) is 36.2 Å². The quantitative estimate of drug-likeness (QED) is 0.274. The van der Waals surface area contributed by atoms with Crippen LogP contribution in [0, 0.1) is 0 Å². The van der Waals surface area contributed by atoms with Crippen molar-refractivity contribution in [3.63, 3.8) is 0 Å². The second kappa shape index (κ2) is 12.4. The first-order chi connectivity index (χ1) is 17.6. The van der Waals surface area contributed by atoms with E-state index < -0.39 is 35.5 Å². The predicted molar refractivity (Wildman–Crippen MR) is 138 cm³/mol. The molecule has 3 rings (SSSR count). The van der Waals surface area contributed by atoms with Crippen molar-refractivity contribution in [2.75, 3.05) is 25.6 Å². The van der Waals surface area contributed by atoms with Crippen molar-refractivity contribution in [2.24, 2.45) is 0 Å². The van der Waals surface area contributed by atoms with Gasteiger partial charge < -0.3 is 19.5 Å². The summed E-state index contributed by atoms with van der Waals surface area (Å²) in [5.41, 5.74) is 0.851. The minimum Gasteiger partial charge on any atom is -0.493 e. The first kappa shape index (κ1) is 27.8. The summed E-state index contributed by atoms with van der Waals surface area (Å²) in [6.07, 6.45) is 2.11. The Bertz CT molecular complexity index is 1290. The van der Waals surface area contributed by atoms with Crippen LogP contribution in [0.2, 0.25) is 5.02 Å². The maximum Gasteiger partial charge on any atom is 0.339 e. The zero-order chi connectivity index (χ0) is 27.1. The highest BCUT2D eigenvalue weighted by molar-refractivity contribution is 8.18. The molecule has 194 valence electrons. The summed E-state index contributed by atoms with van der Waals surface area (Å²) in [5.74, 6) is -1.96. The third-order valence-electron chi connectivity index (χ3n) is 4.82. The van der Waals surface area contributed by atoms with E-state index in [4.69, 9.17) is 25.8 Å². The van der Waals surface area contributed by atoms with Crippen LogP contribution in [-0.4, -0.2) is 54.2 Å². The van der Waals surface area contributed by atoms with Crippen LogP contribution >= 0.6 is 23.4 Å². The van der Waals surface area contributed by atoms with E-state index >= 15 is 0 Å². The molecule has 0 aromatic heterocycles. The molecule has 12 heteroatoms. The molecule has 2 aromatic rings. The molecule has 1 fully saturated rings. The Hall–Kier alpha value is -3.83. The SMILES string of the molecule is CCCOC(=O)c1cc(NC(=O)CN2C(=O)S/C(=C\c3ccc(OC(C)=O)c(OC)c3)C2=O)ccc1Cl. The maximum atomic E-state index is 12.8. The van der Waals surface area contributed by atoms with Gasteiger partial charge >= 0.3 is 11.9 Å². The molecule has 3 amide bonds. The van der Waals surface area contributed by atoms with Crippen LogP contribution in [-0.2, 0) is 19.1 Å². The average molecular weight is 547 g/mol. The lowest BCUT2D eigenvalue weighted by atomic mass is 10.2. The Balaban J connectivity index is 1.70. The second-order valence-corrected chi connectivity index (χ2v) is 9.05. The summed E-state index contributed by atoms with van der Waals surface area (Å²) in [6, 6.07) is 8.91. The molecule has 0 saturated carbocycles. The molecule has 37 heavy (non-hydrogen) atoms. The largest absolute Gasteiger partial charge is 0.493 e. The second-order valence-electron chi connectivity index (χ2n) is 7.65. The number of benzene rings is 2. The van der Waals surface area contributed by atoms with E-state index in [-0.39, 0.29) is 39.3 Å². The molecule has 0 unspecified atom stereocenters. The van der Waals surface area contributed by atoms with Crippen molar-refractivity contribution in [3.8, 4) is 11.5 Å². The molecule has 1 N–H and O–H groups in total. The van der Waals surface area contributed by atoms with Crippen molar-refractivity contribution in [2.45, 2.75) is 20.3 Å². The number of imide groups is 1. The molecule has 1 heterocycles. The zero-order valence-corrected chi connectivity index (χ0v) is 21.7. The molecule has 0 radical (unpaired) electrons. The summed E-state index contributed by atoms with van der Waals surface area (Å²) in [5, 5.41) is 2.10. The van der Waals surface area contributed by atoms with Gasteiger partial charge in [0, 0.05) is 12.6 Å². The highest BCUT2D eigenvalue weighted by atomic mass is 35.5. The van der Waals surface area contributed by atoms with E-state index in [9.17, 15) is 24.0 Å². The van der Waals surface area contributed by atoms with E-state index in [2.05, 4.69) is 5.32 Å². The van der Waals surface area contributed by atoms with Crippen LogP contribution in [0.25, 0.3) is 6.08 Å². The van der Waals surface area contributed by atoms with Gasteiger partial charge in [-0.25, -0.2) is 4.79 Å². The number of anilines is 1. The molecule has 0 atom stereocenters. The highest BCUT2D eigenvalue weighted by Gasteiger charge is 2.36. The Kier molecular flexibility index (Phi) is 9.31. The predicted octanol–water partition coefficient (Wildman–Crippen LogP) is 4.52. The molecule has 1 saturated heterocycles. The minimum atomic E-state index is -0.647. The van der Waals surface area contributed by atoms with Crippen LogP contribution in [0.3, 0.4) is 0 Å². The molecule has 0 spiro atoms. The summed E-state index contributed by atoms with van der Waals surface area (Å²) >= 11 is 6.75. The van der Waals surface area contributed by atoms with Gasteiger partial charge in [0.05, 0.1) is 29.2 Å². The summed E-state index contributed by atoms with van der Waals surface area (Å²) < 4.78 is 15.4. The Labute approximate surface area is 221 Å². The van der Waals surface area contributed by atoms with Crippen LogP contribution in [0.15, 0.2) is 41.3 Å². The molecule has 0 bridgehead atoms. The lowest BCUT2D eigenvalue weighted by Crippen LogP contribution is -2.36. The molecule has 1 aliphatic heterocycles. The number of carbonyl (C=O) groups is 5. The van der Waals surface area contributed by atoms with E-state index in [0.29, 0.717) is 23.7 Å². The lowest BCUT2D eigenvalue weighted by Gasteiger charge is -2.13. The maximum absolute atomic E-state index is 12.8. The van der Waals surface area contributed by atoms with Crippen molar-refractivity contribution in [1.29, 1.82) is 0 Å². The molecular formula is C25H23ClN2O8S. The van der Waals surface area contributed by atoms with Gasteiger partial charge in [-0.1, -0.05) is 24.6 Å². The molecule has 0 aliphatic carbocycles. The number of halogens is 1. The van der Waals surface area contributed by atoms with Gasteiger partial charge in [0.15, 0.2) is 11.5 Å². The highest BCUT2D eigenvalue weighted by Crippen LogP contribution is 2.34. The fourth-order valence-electron chi connectivity index (χ4n) is 3.18.